The molecule has 2 atom stereocenters. The average molecular weight is 317 g/mol. The summed E-state index contributed by atoms with van der Waals surface area (Å²) in [4.78, 5) is 4.23. The van der Waals surface area contributed by atoms with Crippen LogP contribution in [0.4, 0.5) is 0 Å². The van der Waals surface area contributed by atoms with Gasteiger partial charge in [-0.15, -0.1) is 0 Å². The predicted molar refractivity (Wildman–Crippen MR) is 67.0 cm³/mol. The van der Waals surface area contributed by atoms with E-state index >= 15 is 0 Å². The Bertz CT molecular complexity index is 375. The van der Waals surface area contributed by atoms with Crippen molar-refractivity contribution in [3.8, 4) is 0 Å². The minimum atomic E-state index is -0.162. The van der Waals surface area contributed by atoms with Gasteiger partial charge in [-0.05, 0) is 40.3 Å². The smallest absolute Gasteiger partial charge is 0.181 e. The van der Waals surface area contributed by atoms with Crippen molar-refractivity contribution in [3.05, 3.63) is 33.4 Å². The third-order valence-electron chi connectivity index (χ3n) is 2.38. The van der Waals surface area contributed by atoms with Crippen molar-refractivity contribution in [3.63, 3.8) is 0 Å². The van der Waals surface area contributed by atoms with Crippen LogP contribution in [0, 0.1) is 3.57 Å². The Balaban J connectivity index is 2.21. The molecule has 15 heavy (non-hydrogen) atoms. The highest BCUT2D eigenvalue weighted by Gasteiger charge is 2.29. The highest BCUT2D eigenvalue weighted by atomic mass is 127. The van der Waals surface area contributed by atoms with Crippen LogP contribution in [0.1, 0.15) is 18.6 Å². The molecule has 1 aromatic rings. The van der Waals surface area contributed by atoms with E-state index in [2.05, 4.69) is 27.6 Å². The van der Waals surface area contributed by atoms with Crippen molar-refractivity contribution in [2.45, 2.75) is 19.1 Å². The molecule has 0 bridgehead atoms. The molecule has 0 aromatic heterocycles. The van der Waals surface area contributed by atoms with Gasteiger partial charge in [-0.25, -0.2) is 4.99 Å². The van der Waals surface area contributed by atoms with Gasteiger partial charge in [0.15, 0.2) is 5.90 Å². The molecule has 0 radical (unpaired) electrons. The van der Waals surface area contributed by atoms with E-state index in [0.29, 0.717) is 5.90 Å². The molecular formula is C11H12INO2. The van der Waals surface area contributed by atoms with Crippen LogP contribution in [0.15, 0.2) is 29.3 Å². The van der Waals surface area contributed by atoms with E-state index in [9.17, 15) is 5.11 Å². The number of nitrogens with zero attached hydrogens (tertiary/aromatic N) is 1. The first-order chi connectivity index (χ1) is 7.20. The lowest BCUT2D eigenvalue weighted by molar-refractivity contribution is 0.150. The van der Waals surface area contributed by atoms with Crippen LogP contribution in [0.5, 0.6) is 0 Å². The van der Waals surface area contributed by atoms with E-state index in [-0.39, 0.29) is 18.8 Å². The van der Waals surface area contributed by atoms with Crippen LogP contribution < -0.4 is 0 Å². The number of aliphatic hydroxyl groups is 1. The first-order valence-electron chi connectivity index (χ1n) is 4.78. The molecular weight excluding hydrogens is 305 g/mol. The molecule has 0 fully saturated rings. The van der Waals surface area contributed by atoms with Gasteiger partial charge >= 0.3 is 0 Å². The van der Waals surface area contributed by atoms with Crippen molar-refractivity contribution in [1.82, 2.24) is 0 Å². The quantitative estimate of drug-likeness (QED) is 0.849. The molecule has 0 spiro atoms. The number of hydrogen-bond donors (Lipinski definition) is 1. The van der Waals surface area contributed by atoms with Crippen LogP contribution in [0.3, 0.4) is 0 Å². The summed E-state index contributed by atoms with van der Waals surface area (Å²) < 4.78 is 6.77. The Morgan fingerprint density at radius 3 is 2.67 bits per heavy atom. The molecule has 0 saturated heterocycles. The lowest BCUT2D eigenvalue weighted by atomic mass is 10.0. The van der Waals surface area contributed by atoms with E-state index in [0.717, 1.165) is 5.56 Å². The summed E-state index contributed by atoms with van der Waals surface area (Å²) in [7, 11) is 0. The van der Waals surface area contributed by atoms with Gasteiger partial charge in [0, 0.05) is 10.5 Å². The number of benzene rings is 1. The van der Waals surface area contributed by atoms with Gasteiger partial charge in [0.05, 0.1) is 6.61 Å². The second-order valence-electron chi connectivity index (χ2n) is 3.49. The molecule has 0 amide bonds. The fourth-order valence-electron chi connectivity index (χ4n) is 1.67. The van der Waals surface area contributed by atoms with Crippen molar-refractivity contribution in [1.29, 1.82) is 0 Å². The van der Waals surface area contributed by atoms with Crippen LogP contribution >= 0.6 is 22.6 Å². The number of ether oxygens (including phenoxy) is 1. The third kappa shape index (κ3) is 2.31. The summed E-state index contributed by atoms with van der Waals surface area (Å²) in [5.41, 5.74) is 1.06. The fraction of sp³-hybridized carbons (Fsp3) is 0.364. The second kappa shape index (κ2) is 4.49. The molecule has 2 rings (SSSR count). The van der Waals surface area contributed by atoms with Gasteiger partial charge in [0.1, 0.15) is 12.1 Å². The van der Waals surface area contributed by atoms with Gasteiger partial charge in [-0.1, -0.05) is 12.1 Å². The maximum absolute atomic E-state index is 9.18. The molecule has 80 valence electrons. The second-order valence-corrected chi connectivity index (χ2v) is 4.73. The van der Waals surface area contributed by atoms with E-state index in [1.165, 1.54) is 3.57 Å². The van der Waals surface area contributed by atoms with E-state index in [1.807, 2.05) is 31.2 Å². The summed E-state index contributed by atoms with van der Waals surface area (Å²) in [6.45, 7) is 1.84. The monoisotopic (exact) mass is 317 g/mol. The Labute approximate surface area is 102 Å². The van der Waals surface area contributed by atoms with E-state index < -0.39 is 0 Å². The van der Waals surface area contributed by atoms with Gasteiger partial charge < -0.3 is 9.84 Å². The van der Waals surface area contributed by atoms with Gasteiger partial charge in [-0.2, -0.15) is 0 Å². The highest BCUT2D eigenvalue weighted by molar-refractivity contribution is 14.1. The van der Waals surface area contributed by atoms with Crippen LogP contribution in [0.25, 0.3) is 0 Å². The number of aliphatic hydroxyl groups excluding tert-OH is 1. The minimum absolute atomic E-state index is 0.0218. The Morgan fingerprint density at radius 1 is 1.40 bits per heavy atom. The molecule has 0 saturated carbocycles. The lowest BCUT2D eigenvalue weighted by Crippen LogP contribution is -2.17. The van der Waals surface area contributed by atoms with E-state index in [1.54, 1.807) is 0 Å². The first-order valence-corrected chi connectivity index (χ1v) is 5.86. The number of rotatable bonds is 2. The SMILES string of the molecule is CC1=N[C@H](CO)[C@@H](c2ccc(I)cc2)O1. The Kier molecular flexibility index (Phi) is 3.25. The molecule has 1 heterocycles. The van der Waals surface area contributed by atoms with Crippen LogP contribution in [-0.2, 0) is 4.74 Å². The van der Waals surface area contributed by atoms with Gasteiger partial charge in [0.2, 0.25) is 0 Å². The molecule has 0 aliphatic carbocycles. The summed E-state index contributed by atoms with van der Waals surface area (Å²) in [5.74, 6) is 0.651. The predicted octanol–water partition coefficient (Wildman–Crippen LogP) is 2.14. The molecule has 1 N–H and O–H groups in total. The molecule has 4 heteroatoms. The Hall–Kier alpha value is -0.620. The largest absolute Gasteiger partial charge is 0.471 e. The number of halogens is 1. The highest BCUT2D eigenvalue weighted by Crippen LogP contribution is 2.29. The standard InChI is InChI=1S/C11H12INO2/c1-7-13-10(6-14)11(15-7)8-2-4-9(12)5-3-8/h2-5,10-11,14H,6H2,1H3/t10-,11-/m1/s1. The summed E-state index contributed by atoms with van der Waals surface area (Å²) in [5, 5.41) is 9.18. The summed E-state index contributed by atoms with van der Waals surface area (Å²) in [6, 6.07) is 7.93. The zero-order valence-electron chi connectivity index (χ0n) is 8.35. The maximum atomic E-state index is 9.18. The Morgan fingerprint density at radius 2 is 2.07 bits per heavy atom. The normalized spacial score (nSPS) is 24.9. The summed E-state index contributed by atoms with van der Waals surface area (Å²) >= 11 is 2.26. The van der Waals surface area contributed by atoms with Crippen molar-refractivity contribution < 1.29 is 9.84 Å². The molecule has 0 unspecified atom stereocenters. The third-order valence-corrected chi connectivity index (χ3v) is 3.10. The maximum Gasteiger partial charge on any atom is 0.181 e. The van der Waals surface area contributed by atoms with Crippen molar-refractivity contribution in [2.24, 2.45) is 4.99 Å². The molecule has 1 aliphatic heterocycles. The zero-order valence-corrected chi connectivity index (χ0v) is 10.5. The average Bonchev–Trinajstić information content (AvgIpc) is 2.61. The summed E-state index contributed by atoms with van der Waals surface area (Å²) in [6.07, 6.45) is -0.132. The van der Waals surface area contributed by atoms with Crippen LogP contribution in [0.2, 0.25) is 0 Å². The minimum Gasteiger partial charge on any atom is -0.471 e. The van der Waals surface area contributed by atoms with Crippen LogP contribution in [-0.4, -0.2) is 23.7 Å². The van der Waals surface area contributed by atoms with Crippen molar-refractivity contribution >= 4 is 28.5 Å². The fourth-order valence-corrected chi connectivity index (χ4v) is 2.03. The van der Waals surface area contributed by atoms with Gasteiger partial charge in [0.25, 0.3) is 0 Å². The first kappa shape index (κ1) is 10.9. The molecule has 1 aromatic carbocycles. The van der Waals surface area contributed by atoms with E-state index in [4.69, 9.17) is 4.74 Å². The number of hydrogen-bond acceptors (Lipinski definition) is 3. The molecule has 1 aliphatic rings. The van der Waals surface area contributed by atoms with Gasteiger partial charge in [-0.3, -0.25) is 0 Å². The number of aliphatic imine (C=N–C) groups is 1. The topological polar surface area (TPSA) is 41.8 Å². The zero-order chi connectivity index (χ0) is 10.8. The molecule has 3 nitrogen and oxygen atoms in total. The lowest BCUT2D eigenvalue weighted by Gasteiger charge is -2.15. The van der Waals surface area contributed by atoms with Crippen molar-refractivity contribution in [2.75, 3.05) is 6.61 Å².